The van der Waals surface area contributed by atoms with Crippen molar-refractivity contribution in [2.75, 3.05) is 65.9 Å². The second-order valence-electron chi connectivity index (χ2n) is 17.7. The van der Waals surface area contributed by atoms with Gasteiger partial charge in [0.25, 0.3) is 35.4 Å². The highest BCUT2D eigenvalue weighted by Crippen LogP contribution is 2.30. The average Bonchev–Trinajstić information content (AvgIpc) is 4.37. The molecular formula is C47H61N21O11. The van der Waals surface area contributed by atoms with E-state index in [-0.39, 0.29) is 116 Å². The summed E-state index contributed by atoms with van der Waals surface area (Å²) in [5.74, 6) is -6.13. The highest BCUT2D eigenvalue weighted by molar-refractivity contribution is 6.06. The summed E-state index contributed by atoms with van der Waals surface area (Å²) in [6, 6.07) is 1.46. The summed E-state index contributed by atoms with van der Waals surface area (Å²) in [6.07, 6.45) is 10.3. The Bertz CT molecular complexity index is 3280. The number of anilines is 5. The molecule has 0 aromatic carbocycles. The maximum absolute atomic E-state index is 13.2. The Labute approximate surface area is 449 Å². The van der Waals surface area contributed by atoms with Gasteiger partial charge < -0.3 is 91.4 Å². The summed E-state index contributed by atoms with van der Waals surface area (Å²) in [4.78, 5) is 144. The van der Waals surface area contributed by atoms with Crippen LogP contribution in [0.2, 0.25) is 0 Å². The molecule has 32 nitrogen and oxygen atoms in total. The van der Waals surface area contributed by atoms with Crippen LogP contribution in [-0.2, 0) is 61.5 Å². The number of carbonyl (C=O) groups is 10. The van der Waals surface area contributed by atoms with Crippen LogP contribution in [0, 0.1) is 0 Å². The van der Waals surface area contributed by atoms with Gasteiger partial charge in [-0.1, -0.05) is 0 Å². The predicted molar refractivity (Wildman–Crippen MR) is 282 cm³/mol. The number of nitrogens with zero attached hydrogens (tertiary/aromatic N) is 10. The second-order valence-corrected chi connectivity index (χ2v) is 17.7. The lowest BCUT2D eigenvalue weighted by atomic mass is 10.3. The molecule has 0 radical (unpaired) electrons. The molecule has 0 aliphatic heterocycles. The Morgan fingerprint density at radius 1 is 0.468 bits per heavy atom. The molecule has 420 valence electrons. The molecule has 13 N–H and O–H groups in total. The first-order chi connectivity index (χ1) is 37.6. The van der Waals surface area contributed by atoms with Gasteiger partial charge in [0.15, 0.2) is 34.7 Å². The Morgan fingerprint density at radius 2 is 0.924 bits per heavy atom. The molecule has 0 unspecified atom stereocenters. The van der Waals surface area contributed by atoms with Gasteiger partial charge in [-0.2, -0.15) is 0 Å². The highest BCUT2D eigenvalue weighted by Gasteiger charge is 2.25. The lowest BCUT2D eigenvalue weighted by Crippen LogP contribution is -2.32. The number of hydrogen-bond acceptors (Lipinski definition) is 16. The third-order valence-corrected chi connectivity index (χ3v) is 11.4. The number of aryl methyl sites for hydroxylation is 6. The molecule has 0 spiro atoms. The Hall–Kier alpha value is -10.1. The SMILES string of the molecule is Cn1cc(NC(=O)c2nc(NC(=O)CCNC(=O)c3nc(NC(=O)CCNC(=O)c4c(O)c(NC(=O)c5nc(NC(=O)CCNC(=O)c6nccn6C)cn5C)cn4C)cn3C)cn2C)cc1C(=O)NCCC(=O)NCCCN. The van der Waals surface area contributed by atoms with E-state index in [0.717, 1.165) is 0 Å². The van der Waals surface area contributed by atoms with Crippen molar-refractivity contribution in [1.29, 1.82) is 0 Å². The van der Waals surface area contributed by atoms with E-state index in [9.17, 15) is 53.1 Å². The second kappa shape index (κ2) is 26.6. The zero-order valence-electron chi connectivity index (χ0n) is 44.0. The fraction of sp³-hybridized carbons (Fsp3) is 0.362. The van der Waals surface area contributed by atoms with Gasteiger partial charge in [0.05, 0.1) is 5.69 Å². The number of nitrogens with one attached hydrogen (secondary N) is 10. The van der Waals surface area contributed by atoms with Crippen molar-refractivity contribution in [1.82, 2.24) is 73.9 Å². The highest BCUT2D eigenvalue weighted by atomic mass is 16.3. The molecule has 10 amide bonds. The first-order valence-corrected chi connectivity index (χ1v) is 24.4. The minimum absolute atomic E-state index is 0.0114. The fourth-order valence-electron chi connectivity index (χ4n) is 7.52. The summed E-state index contributed by atoms with van der Waals surface area (Å²) < 4.78 is 8.38. The van der Waals surface area contributed by atoms with Gasteiger partial charge >= 0.3 is 0 Å². The Morgan fingerprint density at radius 3 is 1.42 bits per heavy atom. The summed E-state index contributed by atoms with van der Waals surface area (Å²) in [7, 11) is 9.29. The molecular weight excluding hydrogens is 1030 g/mol. The van der Waals surface area contributed by atoms with Crippen LogP contribution in [0.3, 0.4) is 0 Å². The molecule has 0 aliphatic carbocycles. The van der Waals surface area contributed by atoms with E-state index in [4.69, 9.17) is 5.73 Å². The molecule has 32 heteroatoms. The molecule has 0 atom stereocenters. The molecule has 6 aromatic rings. The molecule has 6 rings (SSSR count). The van der Waals surface area contributed by atoms with Crippen LogP contribution in [0.15, 0.2) is 49.4 Å². The topological polar surface area (TPSA) is 418 Å². The molecule has 0 bridgehead atoms. The Kier molecular flexibility index (Phi) is 19.5. The number of aromatic hydroxyl groups is 1. The van der Waals surface area contributed by atoms with E-state index in [1.165, 1.54) is 91.8 Å². The van der Waals surface area contributed by atoms with E-state index in [0.29, 0.717) is 25.2 Å². The monoisotopic (exact) mass is 1100 g/mol. The number of carbonyl (C=O) groups excluding carboxylic acids is 10. The number of amides is 10. The zero-order chi connectivity index (χ0) is 57.5. The van der Waals surface area contributed by atoms with Crippen molar-refractivity contribution < 1.29 is 53.1 Å². The van der Waals surface area contributed by atoms with Crippen LogP contribution >= 0.6 is 0 Å². The summed E-state index contributed by atoms with van der Waals surface area (Å²) in [5, 5.41) is 36.8. The van der Waals surface area contributed by atoms with Crippen molar-refractivity contribution in [3.8, 4) is 5.75 Å². The lowest BCUT2D eigenvalue weighted by Gasteiger charge is -2.07. The molecule has 6 aromatic heterocycles. The van der Waals surface area contributed by atoms with Crippen LogP contribution in [0.25, 0.3) is 0 Å². The first kappa shape index (κ1) is 58.1. The van der Waals surface area contributed by atoms with Crippen LogP contribution in [-0.4, -0.2) is 151 Å². The van der Waals surface area contributed by atoms with Crippen molar-refractivity contribution in [2.45, 2.75) is 32.1 Å². The van der Waals surface area contributed by atoms with Crippen molar-refractivity contribution in [3.63, 3.8) is 0 Å². The fourth-order valence-corrected chi connectivity index (χ4v) is 7.52. The van der Waals surface area contributed by atoms with Crippen LogP contribution in [0.5, 0.6) is 5.75 Å². The molecule has 79 heavy (non-hydrogen) atoms. The standard InChI is InChI=1S/C47H61N21O11/c1-63-19-18-50-38(63)44(76)53-16-10-34(71)59-31-25-68(6)41(62-31)47(79)56-27-22-65(3)36(37(27)73)43(75)52-15-9-33(70)57-29-23-66(4)39(60-29)45(77)54-17-11-35(72)58-30-24-67(5)40(61-30)46(78)55-26-20-28(64(2)21-26)42(74)51-14-8-32(69)49-13-7-12-48/h18-25,73H,7-17,48H2,1-6H3,(H,49,69)(H,51,74)(H,52,75)(H,53,76)(H,54,77)(H,55,78)(H,56,79)(H,57,70)(H,58,72)(H,59,71). The van der Waals surface area contributed by atoms with Crippen LogP contribution in [0.4, 0.5) is 28.8 Å². The predicted octanol–water partition coefficient (Wildman–Crippen LogP) is -1.63. The van der Waals surface area contributed by atoms with Crippen molar-refractivity contribution >= 4 is 87.9 Å². The number of imidazole rings is 4. The maximum atomic E-state index is 13.2. The van der Waals surface area contributed by atoms with E-state index in [1.54, 1.807) is 27.3 Å². The minimum Gasteiger partial charge on any atom is -0.504 e. The molecule has 0 saturated heterocycles. The molecule has 0 saturated carbocycles. The quantitative estimate of drug-likeness (QED) is 0.0271. The van der Waals surface area contributed by atoms with Crippen molar-refractivity contribution in [2.24, 2.45) is 48.0 Å². The first-order valence-electron chi connectivity index (χ1n) is 24.4. The van der Waals surface area contributed by atoms with Gasteiger partial charge in [-0.3, -0.25) is 47.9 Å². The van der Waals surface area contributed by atoms with Gasteiger partial charge in [-0.25, -0.2) is 19.9 Å². The van der Waals surface area contributed by atoms with Gasteiger partial charge in [-0.15, -0.1) is 0 Å². The van der Waals surface area contributed by atoms with Crippen LogP contribution < -0.4 is 58.9 Å². The summed E-state index contributed by atoms with van der Waals surface area (Å²) in [5.41, 5.74) is 5.59. The largest absolute Gasteiger partial charge is 0.504 e. The average molecular weight is 1100 g/mol. The van der Waals surface area contributed by atoms with E-state index < -0.39 is 58.9 Å². The zero-order valence-corrected chi connectivity index (χ0v) is 44.0. The normalized spacial score (nSPS) is 10.8. The van der Waals surface area contributed by atoms with E-state index in [2.05, 4.69) is 73.1 Å². The van der Waals surface area contributed by atoms with Gasteiger partial charge in [-0.05, 0) is 19.0 Å². The van der Waals surface area contributed by atoms with Crippen LogP contribution in [0.1, 0.15) is 95.6 Å². The summed E-state index contributed by atoms with van der Waals surface area (Å²) >= 11 is 0. The number of nitrogens with two attached hydrogens (primary N) is 1. The lowest BCUT2D eigenvalue weighted by molar-refractivity contribution is -0.121. The van der Waals surface area contributed by atoms with Gasteiger partial charge in [0.2, 0.25) is 41.1 Å². The molecule has 0 aliphatic rings. The minimum atomic E-state index is -0.780. The maximum Gasteiger partial charge on any atom is 0.291 e. The van der Waals surface area contributed by atoms with Crippen molar-refractivity contribution in [3.05, 3.63) is 84.1 Å². The molecule has 0 fully saturated rings. The number of aromatic nitrogens is 10. The number of rotatable bonds is 26. The number of hydrogen-bond donors (Lipinski definition) is 12. The van der Waals surface area contributed by atoms with E-state index >= 15 is 0 Å². The summed E-state index contributed by atoms with van der Waals surface area (Å²) in [6.45, 7) is 0.694. The van der Waals surface area contributed by atoms with Gasteiger partial charge in [0.1, 0.15) is 11.4 Å². The van der Waals surface area contributed by atoms with Gasteiger partial charge in [0, 0.05) is 144 Å². The Balaban J connectivity index is 0.888. The smallest absolute Gasteiger partial charge is 0.291 e. The molecule has 6 heterocycles. The third-order valence-electron chi connectivity index (χ3n) is 11.4. The third kappa shape index (κ3) is 15.7. The van der Waals surface area contributed by atoms with E-state index in [1.807, 2.05) is 0 Å².